The average molecular weight is 213 g/mol. The van der Waals surface area contributed by atoms with E-state index in [1.165, 1.54) is 0 Å². The Morgan fingerprint density at radius 1 is 1.50 bits per heavy atom. The van der Waals surface area contributed by atoms with E-state index in [2.05, 4.69) is 36.2 Å². The van der Waals surface area contributed by atoms with Gasteiger partial charge in [-0.3, -0.25) is 0 Å². The summed E-state index contributed by atoms with van der Waals surface area (Å²) >= 11 is 1.69. The molecule has 0 aliphatic rings. The van der Waals surface area contributed by atoms with Crippen LogP contribution in [0, 0.1) is 0 Å². The minimum absolute atomic E-state index is 0.189. The maximum absolute atomic E-state index is 5.72. The molecule has 0 bridgehead atoms. The topological polar surface area (TPSA) is 42.1 Å². The van der Waals surface area contributed by atoms with Crippen molar-refractivity contribution in [2.24, 2.45) is 5.73 Å². The Morgan fingerprint density at radius 2 is 2.14 bits per heavy atom. The van der Waals surface area contributed by atoms with Crippen LogP contribution in [-0.2, 0) is 6.42 Å². The molecule has 2 N–H and O–H groups in total. The zero-order chi connectivity index (χ0) is 10.7. The van der Waals surface area contributed by atoms with E-state index in [0.29, 0.717) is 6.04 Å². The number of hydrogen-bond acceptors (Lipinski definition) is 4. The fourth-order valence-corrected chi connectivity index (χ4v) is 2.04. The summed E-state index contributed by atoms with van der Waals surface area (Å²) in [5, 5.41) is 3.17. The lowest BCUT2D eigenvalue weighted by Crippen LogP contribution is -2.25. The van der Waals surface area contributed by atoms with Gasteiger partial charge < -0.3 is 10.6 Å². The van der Waals surface area contributed by atoms with Gasteiger partial charge in [-0.2, -0.15) is 0 Å². The Labute approximate surface area is 89.9 Å². The van der Waals surface area contributed by atoms with Crippen LogP contribution in [0.4, 0.5) is 5.13 Å². The first-order valence-electron chi connectivity index (χ1n) is 4.93. The van der Waals surface area contributed by atoms with E-state index in [1.54, 1.807) is 11.3 Å². The van der Waals surface area contributed by atoms with E-state index in [9.17, 15) is 0 Å². The first-order chi connectivity index (χ1) is 6.50. The zero-order valence-corrected chi connectivity index (χ0v) is 10.1. The van der Waals surface area contributed by atoms with Crippen LogP contribution in [-0.4, -0.2) is 24.1 Å². The number of anilines is 1. The summed E-state index contributed by atoms with van der Waals surface area (Å²) in [5.74, 6) is 0. The molecule has 0 fully saturated rings. The third kappa shape index (κ3) is 2.96. The fraction of sp³-hybridized carbons (Fsp3) is 0.700. The van der Waals surface area contributed by atoms with Crippen molar-refractivity contribution in [3.05, 3.63) is 11.1 Å². The predicted octanol–water partition coefficient (Wildman–Crippen LogP) is 1.88. The van der Waals surface area contributed by atoms with Crippen molar-refractivity contribution in [3.63, 3.8) is 0 Å². The van der Waals surface area contributed by atoms with Crippen molar-refractivity contribution in [1.29, 1.82) is 0 Å². The number of nitrogens with zero attached hydrogens (tertiary/aromatic N) is 2. The Hall–Kier alpha value is -0.610. The first-order valence-corrected chi connectivity index (χ1v) is 5.81. The minimum Gasteiger partial charge on any atom is -0.349 e. The molecule has 1 heterocycles. The molecule has 14 heavy (non-hydrogen) atoms. The van der Waals surface area contributed by atoms with Crippen LogP contribution in [0.3, 0.4) is 0 Å². The SMILES string of the molecule is CC(N)Cc1csc(N(C)C(C)C)n1. The summed E-state index contributed by atoms with van der Waals surface area (Å²) in [6, 6.07) is 0.679. The number of thiazole rings is 1. The first kappa shape index (κ1) is 11.5. The van der Waals surface area contributed by atoms with Gasteiger partial charge in [0, 0.05) is 30.9 Å². The maximum Gasteiger partial charge on any atom is 0.185 e. The standard InChI is InChI=1S/C10H19N3S/c1-7(2)13(4)10-12-9(6-14-10)5-8(3)11/h6-8H,5,11H2,1-4H3. The highest BCUT2D eigenvalue weighted by Crippen LogP contribution is 2.21. The van der Waals surface area contributed by atoms with Gasteiger partial charge in [0.25, 0.3) is 0 Å². The van der Waals surface area contributed by atoms with Crippen LogP contribution < -0.4 is 10.6 Å². The minimum atomic E-state index is 0.189. The second-order valence-corrected chi connectivity index (χ2v) is 4.84. The molecule has 3 nitrogen and oxygen atoms in total. The van der Waals surface area contributed by atoms with Gasteiger partial charge in [0.1, 0.15) is 0 Å². The molecular formula is C10H19N3S. The predicted molar refractivity (Wildman–Crippen MR) is 63.0 cm³/mol. The average Bonchev–Trinajstić information content (AvgIpc) is 2.50. The van der Waals surface area contributed by atoms with Crippen LogP contribution >= 0.6 is 11.3 Å². The molecule has 1 unspecified atom stereocenters. The van der Waals surface area contributed by atoms with Gasteiger partial charge in [0.15, 0.2) is 5.13 Å². The van der Waals surface area contributed by atoms with Crippen molar-refractivity contribution in [2.75, 3.05) is 11.9 Å². The molecule has 0 aliphatic heterocycles. The number of rotatable bonds is 4. The lowest BCUT2D eigenvalue weighted by Gasteiger charge is -2.19. The zero-order valence-electron chi connectivity index (χ0n) is 9.32. The number of nitrogens with two attached hydrogens (primary N) is 1. The Balaban J connectivity index is 2.67. The van der Waals surface area contributed by atoms with Crippen LogP contribution in [0.15, 0.2) is 5.38 Å². The highest BCUT2D eigenvalue weighted by atomic mass is 32.1. The lowest BCUT2D eigenvalue weighted by atomic mass is 10.2. The molecule has 1 aromatic rings. The Bertz CT molecular complexity index is 281. The van der Waals surface area contributed by atoms with Gasteiger partial charge in [0.2, 0.25) is 0 Å². The molecule has 0 radical (unpaired) electrons. The van der Waals surface area contributed by atoms with E-state index in [0.717, 1.165) is 17.2 Å². The smallest absolute Gasteiger partial charge is 0.185 e. The maximum atomic E-state index is 5.72. The largest absolute Gasteiger partial charge is 0.349 e. The molecule has 0 spiro atoms. The van der Waals surface area contributed by atoms with Gasteiger partial charge in [0.05, 0.1) is 5.69 Å². The van der Waals surface area contributed by atoms with Gasteiger partial charge in [-0.15, -0.1) is 11.3 Å². The second-order valence-electron chi connectivity index (χ2n) is 4.01. The van der Waals surface area contributed by atoms with E-state index in [1.807, 2.05) is 6.92 Å². The summed E-state index contributed by atoms with van der Waals surface area (Å²) in [7, 11) is 2.07. The van der Waals surface area contributed by atoms with E-state index in [4.69, 9.17) is 5.73 Å². The summed E-state index contributed by atoms with van der Waals surface area (Å²) in [5.41, 5.74) is 6.82. The molecule has 4 heteroatoms. The summed E-state index contributed by atoms with van der Waals surface area (Å²) < 4.78 is 0. The Morgan fingerprint density at radius 3 is 2.64 bits per heavy atom. The van der Waals surface area contributed by atoms with Gasteiger partial charge in [-0.05, 0) is 20.8 Å². The third-order valence-electron chi connectivity index (χ3n) is 2.15. The van der Waals surface area contributed by atoms with Gasteiger partial charge in [-0.25, -0.2) is 4.98 Å². The quantitative estimate of drug-likeness (QED) is 0.830. The molecule has 0 saturated heterocycles. The van der Waals surface area contributed by atoms with Crippen molar-refractivity contribution in [3.8, 4) is 0 Å². The molecule has 0 amide bonds. The highest BCUT2D eigenvalue weighted by Gasteiger charge is 2.10. The van der Waals surface area contributed by atoms with Crippen LogP contribution in [0.25, 0.3) is 0 Å². The molecular weight excluding hydrogens is 194 g/mol. The normalized spacial score (nSPS) is 13.3. The van der Waals surface area contributed by atoms with Crippen LogP contribution in [0.5, 0.6) is 0 Å². The lowest BCUT2D eigenvalue weighted by molar-refractivity contribution is 0.717. The summed E-state index contributed by atoms with van der Waals surface area (Å²) in [4.78, 5) is 6.71. The van der Waals surface area contributed by atoms with E-state index >= 15 is 0 Å². The van der Waals surface area contributed by atoms with E-state index in [-0.39, 0.29) is 6.04 Å². The van der Waals surface area contributed by atoms with Crippen molar-refractivity contribution in [1.82, 2.24) is 4.98 Å². The number of aromatic nitrogens is 1. The van der Waals surface area contributed by atoms with E-state index < -0.39 is 0 Å². The van der Waals surface area contributed by atoms with Crippen molar-refractivity contribution >= 4 is 16.5 Å². The van der Waals surface area contributed by atoms with Crippen LogP contribution in [0.1, 0.15) is 26.5 Å². The molecule has 0 aromatic carbocycles. The summed E-state index contributed by atoms with van der Waals surface area (Å²) in [6.07, 6.45) is 0.864. The molecule has 80 valence electrons. The molecule has 1 rings (SSSR count). The molecule has 0 saturated carbocycles. The fourth-order valence-electron chi connectivity index (χ4n) is 1.10. The molecule has 1 aromatic heterocycles. The third-order valence-corrected chi connectivity index (χ3v) is 3.13. The van der Waals surface area contributed by atoms with Crippen molar-refractivity contribution in [2.45, 2.75) is 39.3 Å². The van der Waals surface area contributed by atoms with Crippen molar-refractivity contribution < 1.29 is 0 Å². The monoisotopic (exact) mass is 213 g/mol. The highest BCUT2D eigenvalue weighted by molar-refractivity contribution is 7.13. The molecule has 1 atom stereocenters. The van der Waals surface area contributed by atoms with Gasteiger partial charge >= 0.3 is 0 Å². The van der Waals surface area contributed by atoms with Gasteiger partial charge in [-0.1, -0.05) is 0 Å². The summed E-state index contributed by atoms with van der Waals surface area (Å²) in [6.45, 7) is 6.32. The number of hydrogen-bond donors (Lipinski definition) is 1. The second kappa shape index (κ2) is 4.75. The molecule has 0 aliphatic carbocycles. The van der Waals surface area contributed by atoms with Crippen LogP contribution in [0.2, 0.25) is 0 Å². The Kier molecular flexibility index (Phi) is 3.89.